The van der Waals surface area contributed by atoms with E-state index in [9.17, 15) is 4.79 Å². The largest absolute Gasteiger partial charge is 0.453 e. The number of amides is 1. The Balaban J connectivity index is 1.24. The molecule has 30 heavy (non-hydrogen) atoms. The molecule has 2 aliphatic heterocycles. The van der Waals surface area contributed by atoms with E-state index in [4.69, 9.17) is 14.4 Å². The first-order valence-corrected chi connectivity index (χ1v) is 10.6. The maximum Gasteiger partial charge on any atom is 0.409 e. The predicted molar refractivity (Wildman–Crippen MR) is 110 cm³/mol. The van der Waals surface area contributed by atoms with E-state index in [1.54, 1.807) is 9.58 Å². The smallest absolute Gasteiger partial charge is 0.409 e. The van der Waals surface area contributed by atoms with E-state index < -0.39 is 0 Å². The van der Waals surface area contributed by atoms with Crippen LogP contribution >= 0.6 is 0 Å². The number of nitrogens with zero attached hydrogens (tertiary/aromatic N) is 6. The van der Waals surface area contributed by atoms with Crippen molar-refractivity contribution in [1.82, 2.24) is 29.7 Å². The monoisotopic (exact) mass is 410 g/mol. The maximum atomic E-state index is 11.6. The molecule has 2 aromatic heterocycles. The first-order valence-electron chi connectivity index (χ1n) is 10.6. The van der Waals surface area contributed by atoms with Crippen molar-refractivity contribution < 1.29 is 14.1 Å². The van der Waals surface area contributed by atoms with Gasteiger partial charge in [0, 0.05) is 37.6 Å². The fourth-order valence-corrected chi connectivity index (χ4v) is 4.53. The van der Waals surface area contributed by atoms with Crippen LogP contribution in [0.4, 0.5) is 4.79 Å². The average Bonchev–Trinajstić information content (AvgIpc) is 3.37. The molecule has 0 spiro atoms. The molecule has 1 aromatic carbocycles. The average molecular weight is 410 g/mol. The minimum Gasteiger partial charge on any atom is -0.453 e. The van der Waals surface area contributed by atoms with Crippen LogP contribution in [0.3, 0.4) is 0 Å². The van der Waals surface area contributed by atoms with E-state index in [-0.39, 0.29) is 12.0 Å². The summed E-state index contributed by atoms with van der Waals surface area (Å²) in [6.45, 7) is 5.40. The molecule has 0 bridgehead atoms. The number of carbonyl (C=O) groups is 1. The molecule has 5 rings (SSSR count). The van der Waals surface area contributed by atoms with E-state index in [0.717, 1.165) is 62.0 Å². The lowest BCUT2D eigenvalue weighted by atomic mass is 9.93. The predicted octanol–water partition coefficient (Wildman–Crippen LogP) is 2.60. The summed E-state index contributed by atoms with van der Waals surface area (Å²) < 4.78 is 12.2. The molecular weight excluding hydrogens is 384 g/mol. The molecule has 9 nitrogen and oxygen atoms in total. The van der Waals surface area contributed by atoms with Crippen LogP contribution in [0.5, 0.6) is 0 Å². The summed E-state index contributed by atoms with van der Waals surface area (Å²) in [4.78, 5) is 20.5. The van der Waals surface area contributed by atoms with Gasteiger partial charge < -0.3 is 14.2 Å². The Morgan fingerprint density at radius 2 is 2.00 bits per heavy atom. The summed E-state index contributed by atoms with van der Waals surface area (Å²) in [6.07, 6.45) is 2.56. The Hall–Kier alpha value is -2.94. The van der Waals surface area contributed by atoms with Gasteiger partial charge in [0.05, 0.1) is 24.2 Å². The molecule has 2 saturated heterocycles. The minimum atomic E-state index is -0.231. The van der Waals surface area contributed by atoms with Gasteiger partial charge in [-0.2, -0.15) is 14.8 Å². The molecule has 0 radical (unpaired) electrons. The standard InChI is InChI=1S/C21H26N6O3/c1-3-17-16-6-4-5-7-18(16)27(23-17)20-22-19(30-24-20)14-12-26(13-14)15-8-10-25(11-9-15)21(28)29-2/h4-7,14-15H,3,8-13H2,1-2H3. The summed E-state index contributed by atoms with van der Waals surface area (Å²) in [7, 11) is 1.43. The second-order valence-corrected chi connectivity index (χ2v) is 8.00. The number of rotatable bonds is 4. The third kappa shape index (κ3) is 3.23. The molecule has 2 fully saturated rings. The normalized spacial score (nSPS) is 18.7. The number of piperidine rings is 1. The number of ether oxygens (including phenoxy) is 1. The van der Waals surface area contributed by atoms with Gasteiger partial charge in [0.1, 0.15) is 0 Å². The molecule has 2 aliphatic rings. The van der Waals surface area contributed by atoms with Crippen LogP contribution in [0.1, 0.15) is 37.3 Å². The fourth-order valence-electron chi connectivity index (χ4n) is 4.53. The van der Waals surface area contributed by atoms with E-state index in [2.05, 4.69) is 28.0 Å². The molecule has 1 amide bonds. The van der Waals surface area contributed by atoms with E-state index in [1.165, 1.54) is 7.11 Å². The Morgan fingerprint density at radius 3 is 2.73 bits per heavy atom. The van der Waals surface area contributed by atoms with Gasteiger partial charge in [-0.05, 0) is 30.5 Å². The van der Waals surface area contributed by atoms with Crippen LogP contribution in [0.25, 0.3) is 16.9 Å². The van der Waals surface area contributed by atoms with Crippen molar-refractivity contribution >= 4 is 17.0 Å². The summed E-state index contributed by atoms with van der Waals surface area (Å²) in [5.74, 6) is 1.41. The highest BCUT2D eigenvalue weighted by Gasteiger charge is 2.38. The highest BCUT2D eigenvalue weighted by Crippen LogP contribution is 2.31. The lowest BCUT2D eigenvalue weighted by Gasteiger charge is -2.45. The number of hydrogen-bond donors (Lipinski definition) is 0. The lowest BCUT2D eigenvalue weighted by molar-refractivity contribution is 0.0353. The van der Waals surface area contributed by atoms with Crippen molar-refractivity contribution in [3.63, 3.8) is 0 Å². The van der Waals surface area contributed by atoms with Gasteiger partial charge >= 0.3 is 6.09 Å². The zero-order valence-electron chi connectivity index (χ0n) is 17.3. The van der Waals surface area contributed by atoms with Crippen molar-refractivity contribution in [3.05, 3.63) is 35.9 Å². The Bertz CT molecular complexity index is 1050. The summed E-state index contributed by atoms with van der Waals surface area (Å²) in [5, 5.41) is 10.0. The number of carbonyl (C=O) groups excluding carboxylic acids is 1. The zero-order chi connectivity index (χ0) is 20.7. The molecule has 0 atom stereocenters. The number of likely N-dealkylation sites (tertiary alicyclic amines) is 2. The minimum absolute atomic E-state index is 0.231. The SMILES string of the molecule is CCc1nn(-c2noc(C3CN(C4CCN(C(=O)OC)CC4)C3)n2)c2ccccc12. The quantitative estimate of drug-likeness (QED) is 0.653. The van der Waals surface area contributed by atoms with Gasteiger partial charge in [-0.3, -0.25) is 4.90 Å². The first-order chi connectivity index (χ1) is 14.7. The lowest BCUT2D eigenvalue weighted by Crippen LogP contribution is -2.54. The van der Waals surface area contributed by atoms with Crippen LogP contribution in [-0.2, 0) is 11.2 Å². The number of aryl methyl sites for hydroxylation is 1. The molecule has 0 aliphatic carbocycles. The number of aromatic nitrogens is 4. The van der Waals surface area contributed by atoms with Gasteiger partial charge in [0.15, 0.2) is 0 Å². The number of methoxy groups -OCH3 is 1. The number of benzene rings is 1. The van der Waals surface area contributed by atoms with Crippen LogP contribution in [0.15, 0.2) is 28.8 Å². The Kier molecular flexibility index (Phi) is 4.90. The maximum absolute atomic E-state index is 11.6. The molecule has 3 aromatic rings. The van der Waals surface area contributed by atoms with Gasteiger partial charge in [-0.1, -0.05) is 25.1 Å². The van der Waals surface area contributed by atoms with Crippen LogP contribution in [-0.4, -0.2) is 75.1 Å². The topological polar surface area (TPSA) is 89.5 Å². The van der Waals surface area contributed by atoms with Gasteiger partial charge in [-0.15, -0.1) is 0 Å². The van der Waals surface area contributed by atoms with Crippen molar-refractivity contribution in [1.29, 1.82) is 0 Å². The van der Waals surface area contributed by atoms with E-state index >= 15 is 0 Å². The van der Waals surface area contributed by atoms with Crippen molar-refractivity contribution in [3.8, 4) is 5.95 Å². The second-order valence-electron chi connectivity index (χ2n) is 8.00. The number of para-hydroxylation sites is 1. The second kappa shape index (κ2) is 7.71. The van der Waals surface area contributed by atoms with Crippen LogP contribution in [0, 0.1) is 0 Å². The molecule has 4 heterocycles. The molecule has 0 N–H and O–H groups in total. The van der Waals surface area contributed by atoms with Crippen LogP contribution in [0.2, 0.25) is 0 Å². The van der Waals surface area contributed by atoms with Crippen molar-refractivity contribution in [2.24, 2.45) is 0 Å². The summed E-state index contributed by atoms with van der Waals surface area (Å²) in [5.41, 5.74) is 2.03. The molecule has 9 heteroatoms. The third-order valence-electron chi connectivity index (χ3n) is 6.29. The number of hydrogen-bond acceptors (Lipinski definition) is 7. The number of fused-ring (bicyclic) bond motifs is 1. The van der Waals surface area contributed by atoms with Crippen LogP contribution < -0.4 is 0 Å². The van der Waals surface area contributed by atoms with Crippen molar-refractivity contribution in [2.75, 3.05) is 33.3 Å². The summed E-state index contributed by atoms with van der Waals surface area (Å²) >= 11 is 0. The fraction of sp³-hybridized carbons (Fsp3) is 0.524. The van der Waals surface area contributed by atoms with Gasteiger partial charge in [0.25, 0.3) is 5.95 Å². The van der Waals surface area contributed by atoms with E-state index in [0.29, 0.717) is 17.9 Å². The highest BCUT2D eigenvalue weighted by atomic mass is 16.5. The molecule has 0 saturated carbocycles. The first kappa shape index (κ1) is 19.0. The van der Waals surface area contributed by atoms with E-state index in [1.807, 2.05) is 18.2 Å². The zero-order valence-corrected chi connectivity index (χ0v) is 17.3. The molecular formula is C21H26N6O3. The Labute approximate surface area is 174 Å². The Morgan fingerprint density at radius 1 is 1.23 bits per heavy atom. The highest BCUT2D eigenvalue weighted by molar-refractivity contribution is 5.83. The summed E-state index contributed by atoms with van der Waals surface area (Å²) in [6, 6.07) is 8.62. The molecule has 0 unspecified atom stereocenters. The van der Waals surface area contributed by atoms with Gasteiger partial charge in [-0.25, -0.2) is 4.79 Å². The molecule has 158 valence electrons. The van der Waals surface area contributed by atoms with Gasteiger partial charge in [0.2, 0.25) is 5.89 Å². The van der Waals surface area contributed by atoms with Crippen molar-refractivity contribution in [2.45, 2.75) is 38.1 Å². The third-order valence-corrected chi connectivity index (χ3v) is 6.29.